The lowest BCUT2D eigenvalue weighted by Crippen LogP contribution is -2.34. The van der Waals surface area contributed by atoms with Gasteiger partial charge >= 0.3 is 0 Å². The van der Waals surface area contributed by atoms with E-state index < -0.39 is 17.1 Å². The van der Waals surface area contributed by atoms with E-state index in [9.17, 15) is 14.0 Å². The number of halogens is 1. The fourth-order valence-electron chi connectivity index (χ4n) is 1.81. The quantitative estimate of drug-likeness (QED) is 0.790. The summed E-state index contributed by atoms with van der Waals surface area (Å²) in [7, 11) is 0. The number of anilines is 1. The van der Waals surface area contributed by atoms with Crippen molar-refractivity contribution in [3.05, 3.63) is 42.2 Å². The van der Waals surface area contributed by atoms with Gasteiger partial charge in [0.15, 0.2) is 0 Å². The number of nitrogens with one attached hydrogen (secondary N) is 1. The summed E-state index contributed by atoms with van der Waals surface area (Å²) in [6.07, 6.45) is 1.50. The summed E-state index contributed by atoms with van der Waals surface area (Å²) in [4.78, 5) is 25.7. The average Bonchev–Trinajstić information content (AvgIpc) is 2.47. The first kappa shape index (κ1) is 18.8. The van der Waals surface area contributed by atoms with Gasteiger partial charge in [-0.1, -0.05) is 26.8 Å². The zero-order valence-corrected chi connectivity index (χ0v) is 13.7. The number of benzene rings is 1. The molecule has 0 atom stereocenters. The van der Waals surface area contributed by atoms with Crippen molar-refractivity contribution in [2.45, 2.75) is 20.8 Å². The first-order chi connectivity index (χ1) is 10.7. The number of nitrogens with zero attached hydrogens (tertiary/aromatic N) is 1. The molecular weight excluding hydrogens is 299 g/mol. The molecule has 126 valence electrons. The molecule has 0 bridgehead atoms. The predicted molar refractivity (Wildman–Crippen MR) is 87.7 cm³/mol. The van der Waals surface area contributed by atoms with Gasteiger partial charge in [-0.15, -0.1) is 6.58 Å². The van der Waals surface area contributed by atoms with E-state index in [1.807, 2.05) is 0 Å². The molecule has 1 rings (SSSR count). The van der Waals surface area contributed by atoms with Crippen molar-refractivity contribution >= 4 is 17.5 Å². The van der Waals surface area contributed by atoms with E-state index in [-0.39, 0.29) is 31.2 Å². The summed E-state index contributed by atoms with van der Waals surface area (Å²) in [6, 6.07) is 3.84. The highest BCUT2D eigenvalue weighted by atomic mass is 19.1. The Morgan fingerprint density at radius 3 is 2.57 bits per heavy atom. The molecule has 0 saturated carbocycles. The summed E-state index contributed by atoms with van der Waals surface area (Å²) in [5, 5.41) is 11.7. The zero-order valence-electron chi connectivity index (χ0n) is 13.7. The van der Waals surface area contributed by atoms with Gasteiger partial charge in [0.1, 0.15) is 5.82 Å². The molecular formula is C17H23FN2O3. The molecule has 0 unspecified atom stereocenters. The van der Waals surface area contributed by atoms with Crippen LogP contribution in [0.15, 0.2) is 30.9 Å². The van der Waals surface area contributed by atoms with Gasteiger partial charge in [0, 0.05) is 24.2 Å². The maximum Gasteiger partial charge on any atom is 0.257 e. The second-order valence-electron chi connectivity index (χ2n) is 6.16. The lowest BCUT2D eigenvalue weighted by Gasteiger charge is -2.21. The van der Waals surface area contributed by atoms with Crippen LogP contribution in [-0.4, -0.2) is 41.5 Å². The molecule has 6 heteroatoms. The van der Waals surface area contributed by atoms with Crippen molar-refractivity contribution in [1.82, 2.24) is 4.90 Å². The zero-order chi connectivity index (χ0) is 17.6. The Kier molecular flexibility index (Phi) is 6.45. The molecule has 0 aliphatic carbocycles. The third-order valence-corrected chi connectivity index (χ3v) is 3.14. The fraction of sp³-hybridized carbons (Fsp3) is 0.412. The minimum Gasteiger partial charge on any atom is -0.395 e. The van der Waals surface area contributed by atoms with Gasteiger partial charge < -0.3 is 15.3 Å². The van der Waals surface area contributed by atoms with Crippen LogP contribution < -0.4 is 5.32 Å². The van der Waals surface area contributed by atoms with Gasteiger partial charge in [-0.2, -0.15) is 0 Å². The van der Waals surface area contributed by atoms with Crippen LogP contribution >= 0.6 is 0 Å². The van der Waals surface area contributed by atoms with Crippen molar-refractivity contribution in [3.63, 3.8) is 0 Å². The second kappa shape index (κ2) is 7.87. The summed E-state index contributed by atoms with van der Waals surface area (Å²) in [6.45, 7) is 8.83. The summed E-state index contributed by atoms with van der Waals surface area (Å²) in [5.41, 5.74) is -0.422. The average molecular weight is 322 g/mol. The number of amides is 2. The van der Waals surface area contributed by atoms with E-state index in [4.69, 9.17) is 5.11 Å². The van der Waals surface area contributed by atoms with E-state index >= 15 is 0 Å². The van der Waals surface area contributed by atoms with E-state index in [1.54, 1.807) is 20.8 Å². The van der Waals surface area contributed by atoms with E-state index in [1.165, 1.54) is 23.1 Å². The summed E-state index contributed by atoms with van der Waals surface area (Å²) < 4.78 is 14.0. The molecule has 0 aliphatic rings. The standard InChI is InChI=1S/C17H23FN2O3/c1-5-8-20(9-10-21)15(22)13-11-12(6-7-14(13)18)19-16(23)17(2,3)4/h5-7,11,21H,1,8-10H2,2-4H3,(H,19,23). The van der Waals surface area contributed by atoms with Crippen molar-refractivity contribution in [2.24, 2.45) is 5.41 Å². The Morgan fingerprint density at radius 1 is 1.39 bits per heavy atom. The first-order valence-electron chi connectivity index (χ1n) is 7.32. The van der Waals surface area contributed by atoms with Crippen LogP contribution in [0.2, 0.25) is 0 Å². The Labute approximate surface area is 135 Å². The number of aliphatic hydroxyl groups excluding tert-OH is 1. The van der Waals surface area contributed by atoms with E-state index in [0.29, 0.717) is 5.69 Å². The van der Waals surface area contributed by atoms with Crippen molar-refractivity contribution in [2.75, 3.05) is 25.0 Å². The molecule has 5 nitrogen and oxygen atoms in total. The minimum atomic E-state index is -0.684. The highest BCUT2D eigenvalue weighted by molar-refractivity contribution is 5.98. The van der Waals surface area contributed by atoms with Gasteiger partial charge in [0.2, 0.25) is 5.91 Å². The number of rotatable bonds is 6. The number of carbonyl (C=O) groups is 2. The lowest BCUT2D eigenvalue weighted by atomic mass is 9.95. The number of carbonyl (C=O) groups excluding carboxylic acids is 2. The van der Waals surface area contributed by atoms with Gasteiger partial charge in [-0.25, -0.2) is 4.39 Å². The van der Waals surface area contributed by atoms with Crippen LogP contribution in [0, 0.1) is 11.2 Å². The van der Waals surface area contributed by atoms with Crippen molar-refractivity contribution < 1.29 is 19.1 Å². The Hall–Kier alpha value is -2.21. The van der Waals surface area contributed by atoms with Gasteiger partial charge in [-0.05, 0) is 18.2 Å². The van der Waals surface area contributed by atoms with Crippen LogP contribution in [0.4, 0.5) is 10.1 Å². The predicted octanol–water partition coefficient (Wildman–Crippen LogP) is 2.43. The van der Waals surface area contributed by atoms with Crippen LogP contribution in [0.25, 0.3) is 0 Å². The highest BCUT2D eigenvalue weighted by Gasteiger charge is 2.23. The molecule has 0 saturated heterocycles. The van der Waals surface area contributed by atoms with Crippen molar-refractivity contribution in [1.29, 1.82) is 0 Å². The van der Waals surface area contributed by atoms with Crippen LogP contribution in [0.3, 0.4) is 0 Å². The molecule has 2 N–H and O–H groups in total. The topological polar surface area (TPSA) is 69.6 Å². The van der Waals surface area contributed by atoms with Crippen LogP contribution in [0.5, 0.6) is 0 Å². The number of hydrogen-bond donors (Lipinski definition) is 2. The molecule has 0 radical (unpaired) electrons. The van der Waals surface area contributed by atoms with E-state index in [0.717, 1.165) is 6.07 Å². The fourth-order valence-corrected chi connectivity index (χ4v) is 1.81. The minimum absolute atomic E-state index is 0.0723. The van der Waals surface area contributed by atoms with Gasteiger partial charge in [-0.3, -0.25) is 9.59 Å². The van der Waals surface area contributed by atoms with Gasteiger partial charge in [0.25, 0.3) is 5.91 Å². The molecule has 0 aromatic heterocycles. The molecule has 2 amide bonds. The molecule has 0 aliphatic heterocycles. The van der Waals surface area contributed by atoms with Crippen LogP contribution in [-0.2, 0) is 4.79 Å². The third kappa shape index (κ3) is 5.17. The monoisotopic (exact) mass is 322 g/mol. The molecule has 23 heavy (non-hydrogen) atoms. The Balaban J connectivity index is 3.07. The SMILES string of the molecule is C=CCN(CCO)C(=O)c1cc(NC(=O)C(C)(C)C)ccc1F. The Morgan fingerprint density at radius 2 is 2.04 bits per heavy atom. The van der Waals surface area contributed by atoms with E-state index in [2.05, 4.69) is 11.9 Å². The summed E-state index contributed by atoms with van der Waals surface area (Å²) >= 11 is 0. The van der Waals surface area contributed by atoms with Crippen LogP contribution in [0.1, 0.15) is 31.1 Å². The molecule has 1 aromatic rings. The van der Waals surface area contributed by atoms with Crippen molar-refractivity contribution in [3.8, 4) is 0 Å². The number of hydrogen-bond acceptors (Lipinski definition) is 3. The molecule has 0 fully saturated rings. The summed E-state index contributed by atoms with van der Waals surface area (Å²) in [5.74, 6) is -1.49. The normalized spacial score (nSPS) is 11.0. The molecule has 1 aromatic carbocycles. The largest absolute Gasteiger partial charge is 0.395 e. The second-order valence-corrected chi connectivity index (χ2v) is 6.16. The third-order valence-electron chi connectivity index (χ3n) is 3.14. The highest BCUT2D eigenvalue weighted by Crippen LogP contribution is 2.20. The first-order valence-corrected chi connectivity index (χ1v) is 7.32. The molecule has 0 spiro atoms. The molecule has 0 heterocycles. The number of aliphatic hydroxyl groups is 1. The maximum absolute atomic E-state index is 14.0. The van der Waals surface area contributed by atoms with Gasteiger partial charge in [0.05, 0.1) is 12.2 Å². The smallest absolute Gasteiger partial charge is 0.257 e. The maximum atomic E-state index is 14.0. The Bertz CT molecular complexity index is 594. The lowest BCUT2D eigenvalue weighted by molar-refractivity contribution is -0.123.